The molecule has 0 rings (SSSR count). The summed E-state index contributed by atoms with van der Waals surface area (Å²) in [5.41, 5.74) is 0. The van der Waals surface area contributed by atoms with Crippen LogP contribution in [0.3, 0.4) is 0 Å². The van der Waals surface area contributed by atoms with Gasteiger partial charge < -0.3 is 4.74 Å². The molecular formula is C5H12NO2P. The second kappa shape index (κ2) is 4.71. The van der Waals surface area contributed by atoms with Crippen LogP contribution in [-0.2, 0) is 9.53 Å². The molecule has 0 aliphatic heterocycles. The van der Waals surface area contributed by atoms with E-state index < -0.39 is 0 Å². The molecule has 0 saturated carbocycles. The normalized spacial score (nSPS) is 12.8. The third kappa shape index (κ3) is 4.37. The molecule has 0 aromatic carbocycles. The molecule has 1 N–H and O–H groups in total. The lowest BCUT2D eigenvalue weighted by Crippen LogP contribution is -2.20. The molecule has 0 bridgehead atoms. The zero-order valence-corrected chi connectivity index (χ0v) is 6.83. The van der Waals surface area contributed by atoms with Gasteiger partial charge in [0.05, 0.1) is 13.5 Å². The summed E-state index contributed by atoms with van der Waals surface area (Å²) >= 11 is 0. The maximum atomic E-state index is 10.5. The Hall–Kier alpha value is -0.140. The Morgan fingerprint density at radius 1 is 1.89 bits per heavy atom. The molecule has 3 nitrogen and oxygen atoms in total. The van der Waals surface area contributed by atoms with Gasteiger partial charge in [0.2, 0.25) is 0 Å². The summed E-state index contributed by atoms with van der Waals surface area (Å²) in [6.07, 6.45) is 0.417. The van der Waals surface area contributed by atoms with Gasteiger partial charge in [-0.2, -0.15) is 0 Å². The molecule has 0 radical (unpaired) electrons. The van der Waals surface area contributed by atoms with Crippen molar-refractivity contribution in [2.75, 3.05) is 7.11 Å². The molecule has 0 amide bonds. The molecule has 2 atom stereocenters. The molecule has 0 spiro atoms. The highest BCUT2D eigenvalue weighted by molar-refractivity contribution is 7.13. The Morgan fingerprint density at radius 2 is 2.44 bits per heavy atom. The fourth-order valence-electron chi connectivity index (χ4n) is 0.392. The number of rotatable bonds is 3. The molecule has 0 aliphatic carbocycles. The first kappa shape index (κ1) is 8.86. The van der Waals surface area contributed by atoms with E-state index in [0.29, 0.717) is 6.42 Å². The van der Waals surface area contributed by atoms with Crippen molar-refractivity contribution in [1.29, 1.82) is 0 Å². The molecule has 0 fully saturated rings. The Kier molecular flexibility index (Phi) is 4.64. The molecule has 54 valence electrons. The summed E-state index contributed by atoms with van der Waals surface area (Å²) in [6, 6.07) is 0.169. The quantitative estimate of drug-likeness (QED) is 0.464. The highest BCUT2D eigenvalue weighted by Gasteiger charge is 2.04. The predicted molar refractivity (Wildman–Crippen MR) is 38.9 cm³/mol. The van der Waals surface area contributed by atoms with E-state index in [1.54, 1.807) is 0 Å². The van der Waals surface area contributed by atoms with E-state index >= 15 is 0 Å². The summed E-state index contributed by atoms with van der Waals surface area (Å²) in [5.74, 6) is -0.183. The standard InChI is InChI=1S/C5H12NO2P/c1-4(6-9)3-5(7)8-2/h4,6H,3,9H2,1-2H3/t4-/m1/s1. The number of esters is 1. The van der Waals surface area contributed by atoms with Crippen LogP contribution in [0, 0.1) is 0 Å². The van der Waals surface area contributed by atoms with Crippen LogP contribution in [0.25, 0.3) is 0 Å². The minimum Gasteiger partial charge on any atom is -0.469 e. The van der Waals surface area contributed by atoms with E-state index in [-0.39, 0.29) is 12.0 Å². The lowest BCUT2D eigenvalue weighted by molar-refractivity contribution is -0.140. The van der Waals surface area contributed by atoms with Crippen molar-refractivity contribution < 1.29 is 9.53 Å². The molecule has 9 heavy (non-hydrogen) atoms. The first-order chi connectivity index (χ1) is 4.20. The zero-order valence-electron chi connectivity index (χ0n) is 5.68. The maximum absolute atomic E-state index is 10.5. The molecule has 4 heteroatoms. The van der Waals surface area contributed by atoms with E-state index in [1.807, 2.05) is 6.92 Å². The van der Waals surface area contributed by atoms with Gasteiger partial charge >= 0.3 is 5.97 Å². The predicted octanol–water partition coefficient (Wildman–Crippen LogP) is 0.318. The van der Waals surface area contributed by atoms with Crippen molar-refractivity contribution in [3.05, 3.63) is 0 Å². The minimum absolute atomic E-state index is 0.169. The number of methoxy groups -OCH3 is 1. The first-order valence-corrected chi connectivity index (χ1v) is 3.31. The topological polar surface area (TPSA) is 38.3 Å². The number of hydrogen-bond donors (Lipinski definition) is 1. The van der Waals surface area contributed by atoms with Crippen LogP contribution in [0.2, 0.25) is 0 Å². The average Bonchev–Trinajstić information content (AvgIpc) is 1.87. The van der Waals surface area contributed by atoms with Crippen LogP contribution >= 0.6 is 9.39 Å². The second-order valence-electron chi connectivity index (χ2n) is 1.85. The molecule has 1 unspecified atom stereocenters. The molecule has 0 aromatic heterocycles. The number of carbonyl (C=O) groups excluding carboxylic acids is 1. The van der Waals surface area contributed by atoms with Crippen LogP contribution < -0.4 is 5.09 Å². The van der Waals surface area contributed by atoms with Gasteiger partial charge in [-0.1, -0.05) is 9.39 Å². The largest absolute Gasteiger partial charge is 0.469 e. The average molecular weight is 149 g/mol. The smallest absolute Gasteiger partial charge is 0.307 e. The van der Waals surface area contributed by atoms with Crippen LogP contribution in [0.4, 0.5) is 0 Å². The van der Waals surface area contributed by atoms with Crippen LogP contribution in [-0.4, -0.2) is 19.1 Å². The van der Waals surface area contributed by atoms with Gasteiger partial charge in [0.1, 0.15) is 0 Å². The molecule has 0 aliphatic rings. The highest BCUT2D eigenvalue weighted by Crippen LogP contribution is 1.93. The van der Waals surface area contributed by atoms with Crippen molar-refractivity contribution >= 4 is 15.4 Å². The van der Waals surface area contributed by atoms with Crippen molar-refractivity contribution in [2.45, 2.75) is 19.4 Å². The summed E-state index contributed by atoms with van der Waals surface area (Å²) in [7, 11) is 3.73. The van der Waals surface area contributed by atoms with Gasteiger partial charge in [-0.3, -0.25) is 9.88 Å². The fourth-order valence-corrected chi connectivity index (χ4v) is 0.510. The van der Waals surface area contributed by atoms with E-state index in [9.17, 15) is 4.79 Å². The van der Waals surface area contributed by atoms with Gasteiger partial charge in [-0.15, -0.1) is 0 Å². The minimum atomic E-state index is -0.183. The first-order valence-electron chi connectivity index (χ1n) is 2.73. The molecule has 0 saturated heterocycles. The molecular weight excluding hydrogens is 137 g/mol. The Bertz CT molecular complexity index is 97.0. The maximum Gasteiger partial charge on any atom is 0.307 e. The van der Waals surface area contributed by atoms with Gasteiger partial charge in [0.25, 0.3) is 0 Å². The number of nitrogens with one attached hydrogen (secondary N) is 1. The zero-order chi connectivity index (χ0) is 7.28. The summed E-state index contributed by atoms with van der Waals surface area (Å²) in [6.45, 7) is 1.91. The van der Waals surface area contributed by atoms with Crippen molar-refractivity contribution in [3.63, 3.8) is 0 Å². The summed E-state index contributed by atoms with van der Waals surface area (Å²) < 4.78 is 4.43. The summed E-state index contributed by atoms with van der Waals surface area (Å²) in [4.78, 5) is 10.5. The van der Waals surface area contributed by atoms with Crippen LogP contribution in [0.1, 0.15) is 13.3 Å². The van der Waals surface area contributed by atoms with Crippen molar-refractivity contribution in [3.8, 4) is 0 Å². The van der Waals surface area contributed by atoms with Gasteiger partial charge in [-0.25, -0.2) is 0 Å². The second-order valence-corrected chi connectivity index (χ2v) is 2.18. The monoisotopic (exact) mass is 149 g/mol. The Labute approximate surface area is 57.4 Å². The van der Waals surface area contributed by atoms with Crippen LogP contribution in [0.15, 0.2) is 0 Å². The third-order valence-corrected chi connectivity index (χ3v) is 1.55. The van der Waals surface area contributed by atoms with E-state index in [1.165, 1.54) is 7.11 Å². The molecule has 0 aromatic rings. The van der Waals surface area contributed by atoms with Gasteiger partial charge in [0, 0.05) is 6.04 Å². The lowest BCUT2D eigenvalue weighted by atomic mass is 10.3. The van der Waals surface area contributed by atoms with Crippen molar-refractivity contribution in [1.82, 2.24) is 5.09 Å². The lowest BCUT2D eigenvalue weighted by Gasteiger charge is -2.06. The van der Waals surface area contributed by atoms with E-state index in [2.05, 4.69) is 19.2 Å². The highest BCUT2D eigenvalue weighted by atomic mass is 31.0. The van der Waals surface area contributed by atoms with Gasteiger partial charge in [0.15, 0.2) is 0 Å². The van der Waals surface area contributed by atoms with E-state index in [4.69, 9.17) is 0 Å². The Balaban J connectivity index is 3.34. The number of hydrogen-bond acceptors (Lipinski definition) is 3. The third-order valence-electron chi connectivity index (χ3n) is 0.985. The fraction of sp³-hybridized carbons (Fsp3) is 0.800. The van der Waals surface area contributed by atoms with E-state index in [0.717, 1.165) is 0 Å². The SMILES string of the molecule is COC(=O)C[C@@H](C)NP. The van der Waals surface area contributed by atoms with Crippen molar-refractivity contribution in [2.24, 2.45) is 0 Å². The summed E-state index contributed by atoms with van der Waals surface area (Å²) in [5, 5.41) is 2.85. The Morgan fingerprint density at radius 3 is 2.78 bits per heavy atom. The number of ether oxygens (including phenoxy) is 1. The van der Waals surface area contributed by atoms with Gasteiger partial charge in [-0.05, 0) is 6.92 Å². The van der Waals surface area contributed by atoms with Crippen LogP contribution in [0.5, 0.6) is 0 Å². The number of carbonyl (C=O) groups is 1. The molecule has 0 heterocycles.